The Balaban J connectivity index is 0.000000202. The zero-order valence-corrected chi connectivity index (χ0v) is 24.9. The molecule has 1 fully saturated rings. The minimum Gasteiger partial charge on any atom is -0.305 e. The van der Waals surface area contributed by atoms with Crippen LogP contribution in [0.15, 0.2) is 108 Å². The van der Waals surface area contributed by atoms with Gasteiger partial charge in [0, 0.05) is 32.5 Å². The van der Waals surface area contributed by atoms with E-state index in [4.69, 9.17) is 0 Å². The van der Waals surface area contributed by atoms with Crippen molar-refractivity contribution in [2.24, 2.45) is 0 Å². The molecule has 3 aromatic carbocycles. The third-order valence-corrected chi connectivity index (χ3v) is 7.96. The summed E-state index contributed by atoms with van der Waals surface area (Å²) in [6.07, 6.45) is 9.15. The quantitative estimate of drug-likeness (QED) is 0.172. The monoisotopic (exact) mass is 751 g/mol. The fourth-order valence-electron chi connectivity index (χ4n) is 5.59. The zero-order chi connectivity index (χ0) is 25.0. The summed E-state index contributed by atoms with van der Waals surface area (Å²) in [5.41, 5.74) is 9.70. The van der Waals surface area contributed by atoms with Crippen LogP contribution in [-0.4, -0.2) is 9.97 Å². The topological polar surface area (TPSA) is 25.8 Å². The predicted octanol–water partition coefficient (Wildman–Crippen LogP) is 9.92. The average Bonchev–Trinajstić information content (AvgIpc) is 2.99. The average molecular weight is 752 g/mol. The van der Waals surface area contributed by atoms with Gasteiger partial charge in [-0.05, 0) is 53.4 Å². The second kappa shape index (κ2) is 13.4. The van der Waals surface area contributed by atoms with Gasteiger partial charge in [0.1, 0.15) is 0 Å². The van der Waals surface area contributed by atoms with E-state index in [0.717, 1.165) is 38.8 Å². The van der Waals surface area contributed by atoms with E-state index in [-0.39, 0.29) is 27.5 Å². The molecule has 1 saturated carbocycles. The van der Waals surface area contributed by atoms with Crippen LogP contribution in [0.4, 0.5) is 0 Å². The van der Waals surface area contributed by atoms with Crippen molar-refractivity contribution >= 4 is 15.9 Å². The molecule has 0 unspecified atom stereocenters. The van der Waals surface area contributed by atoms with Crippen molar-refractivity contribution in [2.45, 2.75) is 44.9 Å². The molecule has 39 heavy (non-hydrogen) atoms. The first-order chi connectivity index (χ1) is 18.2. The van der Waals surface area contributed by atoms with Crippen molar-refractivity contribution in [1.29, 1.82) is 0 Å². The fourth-order valence-corrected chi connectivity index (χ4v) is 5.95. The summed E-state index contributed by atoms with van der Waals surface area (Å²) in [7, 11) is 0. The minimum atomic E-state index is 0. The van der Waals surface area contributed by atoms with Gasteiger partial charge in [0.05, 0.1) is 0 Å². The number of aromatic nitrogens is 2. The van der Waals surface area contributed by atoms with Crippen molar-refractivity contribution in [1.82, 2.24) is 9.97 Å². The molecule has 3 aliphatic carbocycles. The van der Waals surface area contributed by atoms with Gasteiger partial charge in [0.15, 0.2) is 0 Å². The maximum absolute atomic E-state index is 4.61. The molecule has 0 amide bonds. The summed E-state index contributed by atoms with van der Waals surface area (Å²) in [6.45, 7) is 0. The molecule has 2 aromatic heterocycles. The van der Waals surface area contributed by atoms with Crippen molar-refractivity contribution in [3.8, 4) is 33.6 Å². The molecular weight excluding hydrogens is 721 g/mol. The summed E-state index contributed by atoms with van der Waals surface area (Å²) < 4.78 is 1.05. The molecule has 0 N–H and O–H groups in total. The van der Waals surface area contributed by atoms with Gasteiger partial charge >= 0.3 is 0 Å². The Morgan fingerprint density at radius 1 is 0.641 bits per heavy atom. The minimum absolute atomic E-state index is 0. The molecular formula is C35H31BrIrN2-2. The SMILES string of the molecule is Brc1cc[c-]c(-c2ccccn2)c1.C.[Ir].[c-]1cc2c(cc1-c1cc(-c3ccccc3)ccn1)C1CCC2CC1. The third-order valence-electron chi connectivity index (χ3n) is 7.47. The summed E-state index contributed by atoms with van der Waals surface area (Å²) in [6, 6.07) is 37.7. The Labute approximate surface area is 254 Å². The Kier molecular flexibility index (Phi) is 10.0. The van der Waals surface area contributed by atoms with E-state index in [9.17, 15) is 0 Å². The summed E-state index contributed by atoms with van der Waals surface area (Å²) in [4.78, 5) is 8.85. The van der Waals surface area contributed by atoms with Crippen molar-refractivity contribution < 1.29 is 20.1 Å². The van der Waals surface area contributed by atoms with Crippen LogP contribution < -0.4 is 0 Å². The summed E-state index contributed by atoms with van der Waals surface area (Å²) in [5.74, 6) is 1.54. The zero-order valence-electron chi connectivity index (χ0n) is 20.9. The van der Waals surface area contributed by atoms with E-state index in [1.165, 1.54) is 36.8 Å². The van der Waals surface area contributed by atoms with Gasteiger partial charge in [-0.25, -0.2) is 0 Å². The smallest absolute Gasteiger partial charge is 0.0166 e. The van der Waals surface area contributed by atoms with Crippen LogP contribution in [0.1, 0.15) is 56.1 Å². The number of fused-ring (bicyclic) bond motifs is 2. The molecule has 4 heteroatoms. The molecule has 2 nitrogen and oxygen atoms in total. The third kappa shape index (κ3) is 6.64. The number of benzene rings is 3. The molecule has 0 atom stereocenters. The predicted molar refractivity (Wildman–Crippen MR) is 161 cm³/mol. The molecule has 0 spiro atoms. The van der Waals surface area contributed by atoms with Crippen molar-refractivity contribution in [2.75, 3.05) is 0 Å². The first-order valence-electron chi connectivity index (χ1n) is 12.9. The van der Waals surface area contributed by atoms with E-state index >= 15 is 0 Å². The van der Waals surface area contributed by atoms with Gasteiger partial charge in [0.2, 0.25) is 0 Å². The molecule has 0 saturated heterocycles. The Bertz CT molecular complexity index is 1500. The molecule has 1 radical (unpaired) electrons. The molecule has 2 bridgehead atoms. The van der Waals surface area contributed by atoms with E-state index in [1.807, 2.05) is 42.6 Å². The van der Waals surface area contributed by atoms with Gasteiger partial charge in [-0.2, -0.15) is 0 Å². The van der Waals surface area contributed by atoms with Crippen molar-refractivity contribution in [3.05, 3.63) is 131 Å². The molecule has 5 aromatic rings. The van der Waals surface area contributed by atoms with Crippen LogP contribution in [0.25, 0.3) is 33.6 Å². The Morgan fingerprint density at radius 2 is 1.33 bits per heavy atom. The van der Waals surface area contributed by atoms with E-state index in [2.05, 4.69) is 92.6 Å². The number of hydrogen-bond acceptors (Lipinski definition) is 2. The van der Waals surface area contributed by atoms with Gasteiger partial charge in [-0.15, -0.1) is 64.7 Å². The Morgan fingerprint density at radius 3 is 2.05 bits per heavy atom. The standard InChI is InChI=1S/C23H20N.C11H7BrN.CH4.Ir/c1-2-4-16(5-3-1)19-12-13-24-23(15-19)20-10-11-21-17-6-8-18(9-7-17)22(21)14-20;12-10-5-3-4-9(8-10)11-6-1-2-7-13-11;;/h1-5,11-15,17-18H,6-9H2;1-3,5-8H;1H4;/q2*-1;;. The van der Waals surface area contributed by atoms with Gasteiger partial charge in [-0.1, -0.05) is 95.1 Å². The first kappa shape index (κ1) is 29.1. The second-order valence-electron chi connectivity index (χ2n) is 9.74. The fraction of sp³-hybridized carbons (Fsp3) is 0.200. The molecule has 3 aliphatic rings. The van der Waals surface area contributed by atoms with Gasteiger partial charge in [0.25, 0.3) is 0 Å². The van der Waals surface area contributed by atoms with Crippen molar-refractivity contribution in [3.63, 3.8) is 0 Å². The number of pyridine rings is 2. The normalized spacial score (nSPS) is 16.5. The number of nitrogens with zero attached hydrogens (tertiary/aromatic N) is 2. The molecule has 199 valence electrons. The molecule has 2 heterocycles. The summed E-state index contributed by atoms with van der Waals surface area (Å²) in [5, 5.41) is 0. The number of rotatable bonds is 3. The largest absolute Gasteiger partial charge is 0.305 e. The Hall–Kier alpha value is -2.91. The van der Waals surface area contributed by atoms with E-state index < -0.39 is 0 Å². The van der Waals surface area contributed by atoms with E-state index in [0.29, 0.717) is 0 Å². The van der Waals surface area contributed by atoms with Gasteiger partial charge < -0.3 is 9.97 Å². The maximum Gasteiger partial charge on any atom is 0.0166 e. The van der Waals surface area contributed by atoms with Crippen LogP contribution in [-0.2, 0) is 20.1 Å². The summed E-state index contributed by atoms with van der Waals surface area (Å²) >= 11 is 3.41. The first-order valence-corrected chi connectivity index (χ1v) is 13.7. The molecule has 0 aliphatic heterocycles. The number of hydrogen-bond donors (Lipinski definition) is 0. The van der Waals surface area contributed by atoms with E-state index in [1.54, 1.807) is 17.3 Å². The van der Waals surface area contributed by atoms with Crippen LogP contribution in [0.3, 0.4) is 0 Å². The maximum atomic E-state index is 4.61. The van der Waals surface area contributed by atoms with Crippen LogP contribution in [0.5, 0.6) is 0 Å². The van der Waals surface area contributed by atoms with Crippen LogP contribution in [0, 0.1) is 12.1 Å². The van der Waals surface area contributed by atoms with Crippen LogP contribution in [0.2, 0.25) is 0 Å². The molecule has 8 rings (SSSR count). The second-order valence-corrected chi connectivity index (χ2v) is 10.7. The number of halogens is 1. The van der Waals surface area contributed by atoms with Crippen LogP contribution >= 0.6 is 15.9 Å². The van der Waals surface area contributed by atoms with Gasteiger partial charge in [-0.3, -0.25) is 0 Å².